The summed E-state index contributed by atoms with van der Waals surface area (Å²) in [7, 11) is 0. The fourth-order valence-corrected chi connectivity index (χ4v) is 11.5. The maximum Gasteiger partial charge on any atom is 0.165 e. The second-order valence-electron chi connectivity index (χ2n) is 15.6. The van der Waals surface area contributed by atoms with E-state index < -0.39 is 5.60 Å². The summed E-state index contributed by atoms with van der Waals surface area (Å²) in [5, 5.41) is 3.89. The Labute approximate surface area is 202 Å². The zero-order valence-corrected chi connectivity index (χ0v) is 22.5. The van der Waals surface area contributed by atoms with Gasteiger partial charge in [-0.1, -0.05) is 34.6 Å². The predicted octanol–water partition coefficient (Wildman–Crippen LogP) is 6.54. The number of carbonyl (C=O) groups excluding carboxylic acids is 1. The highest BCUT2D eigenvalue weighted by Gasteiger charge is 2.80. The maximum absolute atomic E-state index is 14.6. The molecule has 2 saturated heterocycles. The Morgan fingerprint density at radius 2 is 1.58 bits per heavy atom. The van der Waals surface area contributed by atoms with Crippen molar-refractivity contribution < 1.29 is 9.53 Å². The van der Waals surface area contributed by atoms with Gasteiger partial charge in [0.15, 0.2) is 5.78 Å². The number of carbonyl (C=O) groups is 1. The van der Waals surface area contributed by atoms with E-state index in [-0.39, 0.29) is 27.2 Å². The molecule has 4 saturated carbocycles. The molecule has 3 nitrogen and oxygen atoms in total. The number of hydrogen-bond donors (Lipinski definition) is 1. The third kappa shape index (κ3) is 2.53. The van der Waals surface area contributed by atoms with Crippen molar-refractivity contribution in [3.63, 3.8) is 0 Å². The molecule has 0 aromatic carbocycles. The quantitative estimate of drug-likeness (QED) is 0.450. The zero-order chi connectivity index (χ0) is 23.7. The van der Waals surface area contributed by atoms with E-state index in [1.807, 2.05) is 0 Å². The second kappa shape index (κ2) is 6.47. The lowest BCUT2D eigenvalue weighted by Gasteiger charge is -2.72. The normalized spacial score (nSPS) is 56.7. The van der Waals surface area contributed by atoms with Crippen LogP contribution in [0.4, 0.5) is 0 Å². The summed E-state index contributed by atoms with van der Waals surface area (Å²) in [5.41, 5.74) is 0.551. The van der Waals surface area contributed by atoms with E-state index in [1.165, 1.54) is 57.8 Å². The monoisotopic (exact) mass is 455 g/mol. The van der Waals surface area contributed by atoms with Gasteiger partial charge in [0.1, 0.15) is 5.60 Å². The van der Waals surface area contributed by atoms with Crippen molar-refractivity contribution >= 4 is 5.78 Å². The summed E-state index contributed by atoms with van der Waals surface area (Å²) >= 11 is 0. The first-order valence-corrected chi connectivity index (χ1v) is 14.2. The average Bonchev–Trinajstić information content (AvgIpc) is 2.90. The Kier molecular flexibility index (Phi) is 4.51. The lowest BCUT2D eigenvalue weighted by atomic mass is 9.31. The zero-order valence-electron chi connectivity index (χ0n) is 22.5. The molecule has 1 N–H and O–H groups in total. The summed E-state index contributed by atoms with van der Waals surface area (Å²) in [6.07, 6.45) is 12.0. The molecular formula is C30H49NO2. The van der Waals surface area contributed by atoms with E-state index in [0.29, 0.717) is 29.0 Å². The summed E-state index contributed by atoms with van der Waals surface area (Å²) in [4.78, 5) is 14.6. The predicted molar refractivity (Wildman–Crippen MR) is 133 cm³/mol. The van der Waals surface area contributed by atoms with Crippen molar-refractivity contribution in [2.24, 2.45) is 44.8 Å². The summed E-state index contributed by atoms with van der Waals surface area (Å²) < 4.78 is 7.00. The van der Waals surface area contributed by atoms with Crippen molar-refractivity contribution in [3.8, 4) is 0 Å². The van der Waals surface area contributed by atoms with Crippen LogP contribution in [0.25, 0.3) is 0 Å². The van der Waals surface area contributed by atoms with Gasteiger partial charge in [-0.2, -0.15) is 0 Å². The van der Waals surface area contributed by atoms with Gasteiger partial charge in [-0.25, -0.2) is 0 Å². The molecule has 6 aliphatic rings. The third-order valence-corrected chi connectivity index (χ3v) is 13.5. The number of Topliss-reactive ketones (excluding diaryl/α,β-unsaturated/α-hetero) is 1. The fourth-order valence-electron chi connectivity index (χ4n) is 11.5. The molecule has 1 unspecified atom stereocenters. The van der Waals surface area contributed by atoms with Crippen LogP contribution in [0.5, 0.6) is 0 Å². The van der Waals surface area contributed by atoms with Crippen LogP contribution >= 0.6 is 0 Å². The van der Waals surface area contributed by atoms with Gasteiger partial charge in [0.2, 0.25) is 0 Å². The van der Waals surface area contributed by atoms with Gasteiger partial charge in [-0.3, -0.25) is 4.79 Å². The fraction of sp³-hybridized carbons (Fsp3) is 0.967. The molecule has 6 fully saturated rings. The molecule has 4 aliphatic carbocycles. The summed E-state index contributed by atoms with van der Waals surface area (Å²) in [6, 6.07) is 0. The molecule has 2 bridgehead atoms. The van der Waals surface area contributed by atoms with Crippen molar-refractivity contribution in [3.05, 3.63) is 0 Å². The Hall–Kier alpha value is -0.410. The minimum absolute atomic E-state index is 0.0457. The van der Waals surface area contributed by atoms with Crippen LogP contribution in [0.15, 0.2) is 0 Å². The largest absolute Gasteiger partial charge is 0.366 e. The van der Waals surface area contributed by atoms with Gasteiger partial charge in [0, 0.05) is 23.3 Å². The Morgan fingerprint density at radius 1 is 0.848 bits per heavy atom. The van der Waals surface area contributed by atoms with Crippen LogP contribution in [0, 0.1) is 44.8 Å². The van der Waals surface area contributed by atoms with E-state index >= 15 is 0 Å². The molecule has 0 aromatic rings. The minimum atomic E-state index is -0.532. The van der Waals surface area contributed by atoms with Gasteiger partial charge < -0.3 is 10.1 Å². The molecule has 6 rings (SSSR count). The molecule has 3 heteroatoms. The van der Waals surface area contributed by atoms with Crippen LogP contribution in [0.1, 0.15) is 113 Å². The Bertz CT molecular complexity index is 879. The first-order valence-electron chi connectivity index (χ1n) is 14.2. The van der Waals surface area contributed by atoms with Crippen LogP contribution in [-0.4, -0.2) is 30.1 Å². The Balaban J connectivity index is 1.48. The van der Waals surface area contributed by atoms with Gasteiger partial charge in [-0.15, -0.1) is 0 Å². The van der Waals surface area contributed by atoms with E-state index in [9.17, 15) is 4.79 Å². The Morgan fingerprint density at radius 3 is 2.33 bits per heavy atom. The molecule has 0 aromatic heterocycles. The average molecular weight is 456 g/mol. The highest BCUT2D eigenvalue weighted by molar-refractivity contribution is 5.91. The number of rotatable bonds is 0. The molecule has 0 amide bonds. The minimum Gasteiger partial charge on any atom is -0.366 e. The molecular weight excluding hydrogens is 406 g/mol. The van der Waals surface area contributed by atoms with Crippen LogP contribution in [0.2, 0.25) is 0 Å². The molecule has 2 aliphatic heterocycles. The van der Waals surface area contributed by atoms with E-state index in [0.717, 1.165) is 19.6 Å². The molecule has 0 radical (unpaired) electrons. The first-order chi connectivity index (χ1) is 15.3. The smallest absolute Gasteiger partial charge is 0.165 e. The first kappa shape index (κ1) is 23.0. The van der Waals surface area contributed by atoms with E-state index in [1.54, 1.807) is 0 Å². The summed E-state index contributed by atoms with van der Waals surface area (Å²) in [6.45, 7) is 19.4. The second-order valence-corrected chi connectivity index (χ2v) is 15.6. The third-order valence-electron chi connectivity index (χ3n) is 13.5. The van der Waals surface area contributed by atoms with Gasteiger partial charge in [0.25, 0.3) is 0 Å². The topological polar surface area (TPSA) is 38.3 Å². The number of fused-ring (bicyclic) bond motifs is 4. The molecule has 8 atom stereocenters. The standard InChI is InChI=1S/C30H49NO2/c1-24(2)12-14-29-15-13-28(7)27(6)11-9-20-25(3,4)31-16-8-10-26(20,5)21(27)17-23(32)30(28,33-19-29)22(29)18-24/h20-22,31H,8-19H2,1-7H3/t20-,21+,22-,26-,27+,28-,29+,30?/m0/s1. The highest BCUT2D eigenvalue weighted by Crippen LogP contribution is 2.79. The summed E-state index contributed by atoms with van der Waals surface area (Å²) in [5.74, 6) is 2.03. The van der Waals surface area contributed by atoms with E-state index in [2.05, 4.69) is 53.8 Å². The van der Waals surface area contributed by atoms with Crippen molar-refractivity contribution in [1.82, 2.24) is 5.32 Å². The van der Waals surface area contributed by atoms with Crippen molar-refractivity contribution in [1.29, 1.82) is 0 Å². The van der Waals surface area contributed by atoms with E-state index in [4.69, 9.17) is 4.74 Å². The number of ether oxygens (including phenoxy) is 1. The molecule has 33 heavy (non-hydrogen) atoms. The lowest BCUT2D eigenvalue weighted by Crippen LogP contribution is -2.74. The molecule has 2 heterocycles. The number of hydrogen-bond acceptors (Lipinski definition) is 3. The van der Waals surface area contributed by atoms with Gasteiger partial charge in [0.05, 0.1) is 6.61 Å². The van der Waals surface area contributed by atoms with Crippen LogP contribution in [-0.2, 0) is 9.53 Å². The van der Waals surface area contributed by atoms with Crippen molar-refractivity contribution in [2.75, 3.05) is 13.2 Å². The maximum atomic E-state index is 14.6. The van der Waals surface area contributed by atoms with Gasteiger partial charge >= 0.3 is 0 Å². The van der Waals surface area contributed by atoms with Crippen LogP contribution < -0.4 is 5.32 Å². The van der Waals surface area contributed by atoms with Crippen molar-refractivity contribution in [2.45, 2.75) is 124 Å². The van der Waals surface area contributed by atoms with Crippen LogP contribution in [0.3, 0.4) is 0 Å². The SMILES string of the molecule is CC1(C)CC[C@@]23CC[C@]4(C)C(OC2)(C(=O)C[C@@H]2[C@@]5(C)CCCNC(C)(C)[C@@H]5CC[C@]24C)[C@H]3C1. The highest BCUT2D eigenvalue weighted by atomic mass is 16.5. The lowest BCUT2D eigenvalue weighted by molar-refractivity contribution is -0.257. The molecule has 1 spiro atoms. The number of nitrogens with one attached hydrogen (secondary N) is 1. The van der Waals surface area contributed by atoms with Gasteiger partial charge in [-0.05, 0) is 112 Å². The number of ketones is 1. The molecule has 186 valence electrons.